The number of hydrogen-bond acceptors (Lipinski definition) is 1. The summed E-state index contributed by atoms with van der Waals surface area (Å²) in [5.74, 6) is 0.333. The Morgan fingerprint density at radius 3 is 2.64 bits per heavy atom. The van der Waals surface area contributed by atoms with Crippen LogP contribution in [-0.4, -0.2) is 10.5 Å². The normalized spacial score (nSPS) is 12.9. The molecule has 0 saturated carbocycles. The van der Waals surface area contributed by atoms with Crippen molar-refractivity contribution < 1.29 is 5.11 Å². The molecule has 0 saturated heterocycles. The zero-order valence-electron chi connectivity index (χ0n) is 6.42. The lowest BCUT2D eigenvalue weighted by Gasteiger charge is -2.04. The van der Waals surface area contributed by atoms with Gasteiger partial charge in [-0.1, -0.05) is 18.2 Å². The second-order valence-corrected chi connectivity index (χ2v) is 3.36. The molecular formula is C9H11ClO. The molecule has 0 amide bonds. The van der Waals surface area contributed by atoms with Crippen LogP contribution < -0.4 is 0 Å². The van der Waals surface area contributed by atoms with Gasteiger partial charge < -0.3 is 5.11 Å². The van der Waals surface area contributed by atoms with Gasteiger partial charge in [-0.05, 0) is 25.0 Å². The maximum Gasteiger partial charge on any atom is 0.118 e. The van der Waals surface area contributed by atoms with E-state index in [2.05, 4.69) is 0 Å². The van der Waals surface area contributed by atoms with Crippen LogP contribution in [0.25, 0.3) is 0 Å². The van der Waals surface area contributed by atoms with Gasteiger partial charge in [0.2, 0.25) is 0 Å². The molecule has 0 radical (unpaired) electrons. The third-order valence-corrected chi connectivity index (χ3v) is 1.65. The molecule has 2 heteroatoms. The van der Waals surface area contributed by atoms with Gasteiger partial charge in [0, 0.05) is 5.38 Å². The molecule has 0 spiro atoms. The van der Waals surface area contributed by atoms with Gasteiger partial charge >= 0.3 is 0 Å². The lowest BCUT2D eigenvalue weighted by molar-refractivity contribution is 0.468. The first-order valence-electron chi connectivity index (χ1n) is 3.61. The van der Waals surface area contributed by atoms with Crippen LogP contribution in [0.2, 0.25) is 0 Å². The van der Waals surface area contributed by atoms with Crippen molar-refractivity contribution in [2.75, 3.05) is 0 Å². The number of benzene rings is 1. The van der Waals surface area contributed by atoms with E-state index in [1.165, 1.54) is 0 Å². The highest BCUT2D eigenvalue weighted by molar-refractivity contribution is 6.20. The fraction of sp³-hybridized carbons (Fsp3) is 0.333. The fourth-order valence-corrected chi connectivity index (χ4v) is 1.15. The molecule has 0 aromatic heterocycles. The number of phenolic OH excluding ortho intramolecular Hbond substituents is 1. The van der Waals surface area contributed by atoms with Crippen molar-refractivity contribution in [2.45, 2.75) is 18.7 Å². The average Bonchev–Trinajstić information content (AvgIpc) is 1.93. The molecule has 60 valence electrons. The highest BCUT2D eigenvalue weighted by Crippen LogP contribution is 2.18. The predicted molar refractivity (Wildman–Crippen MR) is 47.1 cm³/mol. The lowest BCUT2D eigenvalue weighted by Crippen LogP contribution is -1.96. The fourth-order valence-electron chi connectivity index (χ4n) is 0.986. The summed E-state index contributed by atoms with van der Waals surface area (Å²) in [5.41, 5.74) is 0.912. The van der Waals surface area contributed by atoms with E-state index in [4.69, 9.17) is 11.6 Å². The predicted octanol–water partition coefficient (Wildman–Crippen LogP) is 2.56. The van der Waals surface area contributed by atoms with Gasteiger partial charge in [0.1, 0.15) is 5.75 Å². The second kappa shape index (κ2) is 3.63. The monoisotopic (exact) mass is 170 g/mol. The minimum absolute atomic E-state index is 0.0725. The SMILES string of the molecule is CC(Cl)Cc1ccccc1O. The van der Waals surface area contributed by atoms with Crippen molar-refractivity contribution in [3.05, 3.63) is 29.8 Å². The highest BCUT2D eigenvalue weighted by Gasteiger charge is 2.02. The van der Waals surface area contributed by atoms with Crippen LogP contribution in [0.3, 0.4) is 0 Å². The third-order valence-electron chi connectivity index (χ3n) is 1.49. The summed E-state index contributed by atoms with van der Waals surface area (Å²) in [6.45, 7) is 1.91. The van der Waals surface area contributed by atoms with E-state index >= 15 is 0 Å². The van der Waals surface area contributed by atoms with E-state index in [1.54, 1.807) is 12.1 Å². The summed E-state index contributed by atoms with van der Waals surface area (Å²) in [4.78, 5) is 0. The molecule has 0 aliphatic rings. The molecule has 0 fully saturated rings. The van der Waals surface area contributed by atoms with E-state index in [1.807, 2.05) is 19.1 Å². The van der Waals surface area contributed by atoms with E-state index < -0.39 is 0 Å². The van der Waals surface area contributed by atoms with Gasteiger partial charge in [-0.2, -0.15) is 0 Å². The van der Waals surface area contributed by atoms with Crippen LogP contribution in [0.15, 0.2) is 24.3 Å². The standard InChI is InChI=1S/C9H11ClO/c1-7(10)6-8-4-2-3-5-9(8)11/h2-5,7,11H,6H2,1H3. The molecule has 1 N–H and O–H groups in total. The Balaban J connectivity index is 2.78. The first-order chi connectivity index (χ1) is 5.20. The van der Waals surface area contributed by atoms with Crippen molar-refractivity contribution in [2.24, 2.45) is 0 Å². The van der Waals surface area contributed by atoms with Crippen molar-refractivity contribution >= 4 is 11.6 Å². The number of hydrogen-bond donors (Lipinski definition) is 1. The van der Waals surface area contributed by atoms with Gasteiger partial charge in [-0.25, -0.2) is 0 Å². The van der Waals surface area contributed by atoms with Crippen LogP contribution in [-0.2, 0) is 6.42 Å². The summed E-state index contributed by atoms with van der Waals surface area (Å²) >= 11 is 5.77. The molecule has 0 aliphatic carbocycles. The number of aromatic hydroxyl groups is 1. The van der Waals surface area contributed by atoms with E-state index in [0.717, 1.165) is 5.56 Å². The Hall–Kier alpha value is -0.690. The van der Waals surface area contributed by atoms with Crippen LogP contribution >= 0.6 is 11.6 Å². The maximum atomic E-state index is 9.30. The first kappa shape index (κ1) is 8.41. The molecule has 0 heterocycles. The Morgan fingerprint density at radius 2 is 2.09 bits per heavy atom. The van der Waals surface area contributed by atoms with Crippen LogP contribution in [0, 0.1) is 0 Å². The smallest absolute Gasteiger partial charge is 0.118 e. The molecule has 11 heavy (non-hydrogen) atoms. The van der Waals surface area contributed by atoms with Gasteiger partial charge in [0.25, 0.3) is 0 Å². The zero-order chi connectivity index (χ0) is 8.27. The molecule has 1 atom stereocenters. The largest absolute Gasteiger partial charge is 0.508 e. The number of halogens is 1. The number of rotatable bonds is 2. The number of alkyl halides is 1. The zero-order valence-corrected chi connectivity index (χ0v) is 7.17. The molecular weight excluding hydrogens is 160 g/mol. The maximum absolute atomic E-state index is 9.30. The Morgan fingerprint density at radius 1 is 1.45 bits per heavy atom. The van der Waals surface area contributed by atoms with Gasteiger partial charge in [-0.15, -0.1) is 11.6 Å². The Bertz CT molecular complexity index is 233. The molecule has 1 nitrogen and oxygen atoms in total. The van der Waals surface area contributed by atoms with Crippen LogP contribution in [0.5, 0.6) is 5.75 Å². The van der Waals surface area contributed by atoms with Crippen molar-refractivity contribution in [1.29, 1.82) is 0 Å². The summed E-state index contributed by atoms with van der Waals surface area (Å²) in [6.07, 6.45) is 0.716. The van der Waals surface area contributed by atoms with Gasteiger partial charge in [0.05, 0.1) is 0 Å². The number of para-hydroxylation sites is 1. The van der Waals surface area contributed by atoms with Crippen LogP contribution in [0.1, 0.15) is 12.5 Å². The molecule has 0 bridgehead atoms. The summed E-state index contributed by atoms with van der Waals surface area (Å²) in [7, 11) is 0. The summed E-state index contributed by atoms with van der Waals surface area (Å²) in [6, 6.07) is 7.26. The van der Waals surface area contributed by atoms with Gasteiger partial charge in [0.15, 0.2) is 0 Å². The second-order valence-electron chi connectivity index (χ2n) is 2.61. The first-order valence-corrected chi connectivity index (χ1v) is 4.04. The third kappa shape index (κ3) is 2.43. The molecule has 1 aromatic carbocycles. The quantitative estimate of drug-likeness (QED) is 0.677. The van der Waals surface area contributed by atoms with Crippen LogP contribution in [0.4, 0.5) is 0 Å². The minimum Gasteiger partial charge on any atom is -0.508 e. The molecule has 0 aliphatic heterocycles. The Labute approximate surface area is 71.6 Å². The summed E-state index contributed by atoms with van der Waals surface area (Å²) in [5, 5.41) is 9.37. The van der Waals surface area contributed by atoms with E-state index in [9.17, 15) is 5.11 Å². The summed E-state index contributed by atoms with van der Waals surface area (Å²) < 4.78 is 0. The molecule has 1 rings (SSSR count). The topological polar surface area (TPSA) is 20.2 Å². The molecule has 1 unspecified atom stereocenters. The van der Waals surface area contributed by atoms with Crippen molar-refractivity contribution in [3.63, 3.8) is 0 Å². The van der Waals surface area contributed by atoms with E-state index in [-0.39, 0.29) is 5.38 Å². The average molecular weight is 171 g/mol. The number of phenols is 1. The van der Waals surface area contributed by atoms with Gasteiger partial charge in [-0.3, -0.25) is 0 Å². The van der Waals surface area contributed by atoms with Crippen molar-refractivity contribution in [1.82, 2.24) is 0 Å². The highest BCUT2D eigenvalue weighted by atomic mass is 35.5. The van der Waals surface area contributed by atoms with Crippen molar-refractivity contribution in [3.8, 4) is 5.75 Å². The lowest BCUT2D eigenvalue weighted by atomic mass is 10.1. The molecule has 1 aromatic rings. The minimum atomic E-state index is 0.0725. The van der Waals surface area contributed by atoms with E-state index in [0.29, 0.717) is 12.2 Å². The Kier molecular flexibility index (Phi) is 2.77.